The third-order valence-corrected chi connectivity index (χ3v) is 8.01. The number of hydrogen-bond donors (Lipinski definition) is 1. The topological polar surface area (TPSA) is 108 Å². The quantitative estimate of drug-likeness (QED) is 0.326. The molecule has 0 saturated carbocycles. The second kappa shape index (κ2) is 11.2. The average molecular weight is 529 g/mol. The van der Waals surface area contributed by atoms with Gasteiger partial charge in [0.15, 0.2) is 5.78 Å². The van der Waals surface area contributed by atoms with Crippen molar-refractivity contribution < 1.29 is 24.2 Å². The maximum Gasteiger partial charge on any atom is 0.330 e. The summed E-state index contributed by atoms with van der Waals surface area (Å²) in [5, 5.41) is 20.0. The highest BCUT2D eigenvalue weighted by Crippen LogP contribution is 2.56. The number of Topliss-reactive ketones (excluding diaryl/α,β-unsaturated/α-hetero) is 1. The van der Waals surface area contributed by atoms with E-state index in [9.17, 15) is 24.8 Å². The van der Waals surface area contributed by atoms with Crippen molar-refractivity contribution in [2.75, 3.05) is 20.0 Å². The van der Waals surface area contributed by atoms with Gasteiger partial charge in [0.2, 0.25) is 5.91 Å². The van der Waals surface area contributed by atoms with Crippen molar-refractivity contribution in [1.29, 1.82) is 5.26 Å². The molecule has 0 bridgehead atoms. The summed E-state index contributed by atoms with van der Waals surface area (Å²) in [4.78, 5) is 43.4. The van der Waals surface area contributed by atoms with E-state index in [2.05, 4.69) is 6.07 Å². The van der Waals surface area contributed by atoms with E-state index >= 15 is 0 Å². The van der Waals surface area contributed by atoms with E-state index in [0.29, 0.717) is 22.3 Å². The van der Waals surface area contributed by atoms with Crippen molar-refractivity contribution >= 4 is 29.4 Å². The van der Waals surface area contributed by atoms with Gasteiger partial charge in [-0.25, -0.2) is 4.79 Å². The fourth-order valence-electron chi connectivity index (χ4n) is 5.52. The lowest BCUT2D eigenvalue weighted by atomic mass is 9.71. The number of hydrogen-bond acceptors (Lipinski definition) is 6. The van der Waals surface area contributed by atoms with Gasteiger partial charge in [-0.1, -0.05) is 54.6 Å². The molecule has 0 spiro atoms. The zero-order valence-electron chi connectivity index (χ0n) is 21.3. The van der Waals surface area contributed by atoms with Crippen LogP contribution < -0.4 is 0 Å². The second-order valence-corrected chi connectivity index (χ2v) is 10.2. The Morgan fingerprint density at radius 3 is 2.16 bits per heavy atom. The van der Waals surface area contributed by atoms with Crippen molar-refractivity contribution in [3.8, 4) is 6.07 Å². The van der Waals surface area contributed by atoms with Gasteiger partial charge in [-0.05, 0) is 48.6 Å². The standard InChI is InChI=1S/C30H28N2O5S/c1-30(29(35)36)26(20-7-5-4-6-8-20)25(28(34)22-13-15-23(38-3)16-14-22)27(32(30)24(33)18-37-2)21-11-9-19(17-31)10-12-21/h4-16,25-27H,18H2,1-3H3,(H,35,36). The van der Waals surface area contributed by atoms with Gasteiger partial charge in [0.05, 0.1) is 23.6 Å². The summed E-state index contributed by atoms with van der Waals surface area (Å²) in [6.07, 6.45) is 1.94. The third-order valence-electron chi connectivity index (χ3n) is 7.27. The van der Waals surface area contributed by atoms with Crippen molar-refractivity contribution in [3.05, 3.63) is 101 Å². The van der Waals surface area contributed by atoms with Crippen LogP contribution in [0.5, 0.6) is 0 Å². The maximum atomic E-state index is 14.4. The van der Waals surface area contributed by atoms with Gasteiger partial charge in [0, 0.05) is 23.5 Å². The minimum Gasteiger partial charge on any atom is -0.479 e. The molecule has 7 nitrogen and oxygen atoms in total. The van der Waals surface area contributed by atoms with E-state index in [0.717, 1.165) is 4.90 Å². The summed E-state index contributed by atoms with van der Waals surface area (Å²) in [5.41, 5.74) is 0.287. The van der Waals surface area contributed by atoms with Crippen LogP contribution in [0.4, 0.5) is 0 Å². The monoisotopic (exact) mass is 528 g/mol. The van der Waals surface area contributed by atoms with Crippen LogP contribution in [0.15, 0.2) is 83.8 Å². The fraction of sp³-hybridized carbons (Fsp3) is 0.267. The predicted octanol–water partition coefficient (Wildman–Crippen LogP) is 4.94. The number of likely N-dealkylation sites (tertiary alicyclic amines) is 1. The highest BCUT2D eigenvalue weighted by molar-refractivity contribution is 7.98. The Labute approximate surface area is 226 Å². The molecule has 8 heteroatoms. The first kappa shape index (κ1) is 27.1. The van der Waals surface area contributed by atoms with Crippen LogP contribution in [-0.2, 0) is 14.3 Å². The van der Waals surface area contributed by atoms with E-state index in [-0.39, 0.29) is 12.4 Å². The lowest BCUT2D eigenvalue weighted by Gasteiger charge is -2.37. The molecule has 1 saturated heterocycles. The molecule has 1 aliphatic rings. The molecule has 4 rings (SSSR count). The summed E-state index contributed by atoms with van der Waals surface area (Å²) >= 11 is 1.55. The molecular formula is C30H28N2O5S. The molecule has 4 unspecified atom stereocenters. The van der Waals surface area contributed by atoms with Crippen molar-refractivity contribution in [1.82, 2.24) is 4.90 Å². The third kappa shape index (κ3) is 4.71. The Balaban J connectivity index is 2.01. The molecule has 1 fully saturated rings. The van der Waals surface area contributed by atoms with Gasteiger partial charge in [-0.2, -0.15) is 5.26 Å². The zero-order valence-corrected chi connectivity index (χ0v) is 22.1. The van der Waals surface area contributed by atoms with Crippen LogP contribution in [0.25, 0.3) is 0 Å². The fourth-order valence-corrected chi connectivity index (χ4v) is 5.93. The number of carbonyl (C=O) groups excluding carboxylic acids is 2. The molecule has 3 aromatic carbocycles. The van der Waals surface area contributed by atoms with Crippen LogP contribution in [0, 0.1) is 17.2 Å². The highest BCUT2D eigenvalue weighted by atomic mass is 32.2. The number of rotatable bonds is 8. The molecule has 1 heterocycles. The van der Waals surface area contributed by atoms with Gasteiger partial charge in [-0.3, -0.25) is 9.59 Å². The summed E-state index contributed by atoms with van der Waals surface area (Å²) < 4.78 is 5.14. The Hall–Kier alpha value is -3.93. The van der Waals surface area contributed by atoms with Crippen LogP contribution in [0.1, 0.15) is 45.9 Å². The van der Waals surface area contributed by atoms with Gasteiger partial charge in [0.1, 0.15) is 12.1 Å². The van der Waals surface area contributed by atoms with Crippen molar-refractivity contribution in [2.45, 2.75) is 29.3 Å². The molecule has 4 atom stereocenters. The molecule has 38 heavy (non-hydrogen) atoms. The van der Waals surface area contributed by atoms with Crippen LogP contribution in [0.2, 0.25) is 0 Å². The average Bonchev–Trinajstić information content (AvgIpc) is 3.23. The molecule has 0 aromatic heterocycles. The van der Waals surface area contributed by atoms with Crippen LogP contribution in [-0.4, -0.2) is 53.2 Å². The first-order chi connectivity index (χ1) is 18.3. The van der Waals surface area contributed by atoms with E-state index in [1.54, 1.807) is 72.4 Å². The lowest BCUT2D eigenvalue weighted by Crippen LogP contribution is -2.55. The number of ketones is 1. The first-order valence-electron chi connectivity index (χ1n) is 12.1. The number of carbonyl (C=O) groups is 3. The lowest BCUT2D eigenvalue weighted by molar-refractivity contribution is -0.159. The molecule has 194 valence electrons. The largest absolute Gasteiger partial charge is 0.479 e. The Morgan fingerprint density at radius 1 is 1.00 bits per heavy atom. The first-order valence-corrected chi connectivity index (χ1v) is 13.3. The van der Waals surface area contributed by atoms with Crippen molar-refractivity contribution in [3.63, 3.8) is 0 Å². The maximum absolute atomic E-state index is 14.4. The summed E-state index contributed by atoms with van der Waals surface area (Å²) in [6.45, 7) is 1.15. The summed E-state index contributed by atoms with van der Waals surface area (Å²) in [6, 6.07) is 23.9. The summed E-state index contributed by atoms with van der Waals surface area (Å²) in [5.74, 6) is -3.81. The number of thioether (sulfide) groups is 1. The number of nitriles is 1. The predicted molar refractivity (Wildman–Crippen MR) is 144 cm³/mol. The van der Waals surface area contributed by atoms with Gasteiger partial charge >= 0.3 is 5.97 Å². The molecular weight excluding hydrogens is 500 g/mol. The summed E-state index contributed by atoms with van der Waals surface area (Å²) in [7, 11) is 1.37. The minimum absolute atomic E-state index is 0.263. The molecule has 0 aliphatic carbocycles. The Morgan fingerprint density at radius 2 is 1.63 bits per heavy atom. The number of carboxylic acids is 1. The van der Waals surface area contributed by atoms with Gasteiger partial charge in [-0.15, -0.1) is 11.8 Å². The number of aliphatic carboxylic acids is 1. The van der Waals surface area contributed by atoms with Crippen LogP contribution >= 0.6 is 11.8 Å². The van der Waals surface area contributed by atoms with Crippen molar-refractivity contribution in [2.24, 2.45) is 5.92 Å². The second-order valence-electron chi connectivity index (χ2n) is 9.33. The molecule has 0 radical (unpaired) electrons. The van der Waals surface area contributed by atoms with E-state index in [4.69, 9.17) is 4.74 Å². The molecule has 1 N–H and O–H groups in total. The number of methoxy groups -OCH3 is 1. The van der Waals surface area contributed by atoms with E-state index in [1.165, 1.54) is 18.9 Å². The zero-order chi connectivity index (χ0) is 27.4. The number of benzene rings is 3. The van der Waals surface area contributed by atoms with E-state index in [1.807, 2.05) is 24.5 Å². The normalized spacial score (nSPS) is 22.6. The molecule has 3 aromatic rings. The molecule has 1 amide bonds. The molecule has 1 aliphatic heterocycles. The number of ether oxygens (including phenoxy) is 1. The Bertz CT molecular complexity index is 1370. The highest BCUT2D eigenvalue weighted by Gasteiger charge is 2.64. The number of amides is 1. The van der Waals surface area contributed by atoms with Gasteiger partial charge < -0.3 is 14.7 Å². The number of nitrogens with zero attached hydrogens (tertiary/aromatic N) is 2. The van der Waals surface area contributed by atoms with E-state index < -0.39 is 35.3 Å². The smallest absolute Gasteiger partial charge is 0.330 e. The minimum atomic E-state index is -1.77. The SMILES string of the molecule is COCC(=O)N1C(c2ccc(C#N)cc2)C(C(=O)c2ccc(SC)cc2)C(c2ccccc2)C1(C)C(=O)O. The van der Waals surface area contributed by atoms with Gasteiger partial charge in [0.25, 0.3) is 0 Å². The Kier molecular flexibility index (Phi) is 8.00. The number of carboxylic acid groups (broad SMARTS) is 1. The van der Waals surface area contributed by atoms with Crippen LogP contribution in [0.3, 0.4) is 0 Å².